The van der Waals surface area contributed by atoms with Crippen LogP contribution in [0.5, 0.6) is 0 Å². The topological polar surface area (TPSA) is 34.2 Å². The smallest absolute Gasteiger partial charge is 0.0512 e. The van der Waals surface area contributed by atoms with Gasteiger partial charge < -0.3 is 10.1 Å². The van der Waals surface area contributed by atoms with Crippen molar-refractivity contribution in [2.24, 2.45) is 5.92 Å². The number of ether oxygens (including phenoxy) is 1. The quantitative estimate of drug-likeness (QED) is 0.855. The van der Waals surface area contributed by atoms with Crippen LogP contribution in [0.4, 0.5) is 0 Å². The first-order valence-electron chi connectivity index (χ1n) is 7.60. The summed E-state index contributed by atoms with van der Waals surface area (Å²) < 4.78 is 5.68. The Kier molecular flexibility index (Phi) is 5.80. The molecule has 2 unspecified atom stereocenters. The zero-order valence-corrected chi connectivity index (χ0v) is 12.2. The molecule has 0 spiro atoms. The molecule has 0 bridgehead atoms. The Morgan fingerprint density at radius 1 is 1.47 bits per heavy atom. The normalized spacial score (nSPS) is 21.3. The van der Waals surface area contributed by atoms with Gasteiger partial charge in [0.25, 0.3) is 0 Å². The molecule has 2 atom stereocenters. The molecule has 1 aromatic heterocycles. The minimum atomic E-state index is 0.415. The molecule has 1 fully saturated rings. The Balaban J connectivity index is 2.19. The lowest BCUT2D eigenvalue weighted by Crippen LogP contribution is -2.34. The fourth-order valence-corrected chi connectivity index (χ4v) is 2.90. The summed E-state index contributed by atoms with van der Waals surface area (Å²) in [6, 6.07) is 2.60. The molecule has 1 aliphatic heterocycles. The number of aryl methyl sites for hydroxylation is 1. The van der Waals surface area contributed by atoms with Crippen LogP contribution in [0.25, 0.3) is 0 Å². The number of pyridine rings is 1. The van der Waals surface area contributed by atoms with Crippen LogP contribution in [0, 0.1) is 5.92 Å². The summed E-state index contributed by atoms with van der Waals surface area (Å²) in [6.07, 6.45) is 8.57. The Morgan fingerprint density at radius 2 is 2.37 bits per heavy atom. The van der Waals surface area contributed by atoms with Crippen molar-refractivity contribution in [3.63, 3.8) is 0 Å². The first kappa shape index (κ1) is 14.5. The highest BCUT2D eigenvalue weighted by atomic mass is 16.5. The first-order chi connectivity index (χ1) is 9.36. The average molecular weight is 262 g/mol. The lowest BCUT2D eigenvalue weighted by molar-refractivity contribution is 0.0389. The molecule has 2 rings (SSSR count). The van der Waals surface area contributed by atoms with Gasteiger partial charge in [-0.1, -0.05) is 13.8 Å². The highest BCUT2D eigenvalue weighted by molar-refractivity contribution is 5.27. The number of aromatic nitrogens is 1. The highest BCUT2D eigenvalue weighted by Gasteiger charge is 2.26. The van der Waals surface area contributed by atoms with E-state index in [-0.39, 0.29) is 0 Å². The molecule has 0 radical (unpaired) electrons. The number of rotatable bonds is 6. The van der Waals surface area contributed by atoms with E-state index in [0.717, 1.165) is 32.6 Å². The van der Waals surface area contributed by atoms with E-state index in [9.17, 15) is 0 Å². The van der Waals surface area contributed by atoms with Crippen LogP contribution in [-0.4, -0.2) is 24.7 Å². The number of nitrogens with one attached hydrogen (secondary N) is 1. The third-order valence-electron chi connectivity index (χ3n) is 3.94. The number of nitrogens with zero attached hydrogens (tertiary/aromatic N) is 1. The predicted molar refractivity (Wildman–Crippen MR) is 78.2 cm³/mol. The Morgan fingerprint density at radius 3 is 3.05 bits per heavy atom. The van der Waals surface area contributed by atoms with Gasteiger partial charge in [0, 0.05) is 31.0 Å². The predicted octanol–water partition coefficient (Wildman–Crippen LogP) is 3.11. The van der Waals surface area contributed by atoms with Gasteiger partial charge in [-0.15, -0.1) is 0 Å². The Labute approximate surface area is 116 Å². The zero-order valence-electron chi connectivity index (χ0n) is 12.2. The Bertz CT molecular complexity index is 375. The Hall–Kier alpha value is -0.930. The molecular formula is C16H26N2O. The van der Waals surface area contributed by atoms with Gasteiger partial charge in [0.2, 0.25) is 0 Å². The maximum atomic E-state index is 5.68. The molecular weight excluding hydrogens is 236 g/mol. The summed E-state index contributed by atoms with van der Waals surface area (Å²) in [5.41, 5.74) is 2.78. The molecule has 3 nitrogen and oxygen atoms in total. The third kappa shape index (κ3) is 3.77. The van der Waals surface area contributed by atoms with Gasteiger partial charge in [-0.2, -0.15) is 0 Å². The van der Waals surface area contributed by atoms with E-state index in [4.69, 9.17) is 4.74 Å². The van der Waals surface area contributed by atoms with Gasteiger partial charge in [0.1, 0.15) is 0 Å². The molecule has 0 aliphatic carbocycles. The maximum Gasteiger partial charge on any atom is 0.0512 e. The van der Waals surface area contributed by atoms with E-state index >= 15 is 0 Å². The lowest BCUT2D eigenvalue weighted by atomic mass is 9.86. The summed E-state index contributed by atoms with van der Waals surface area (Å²) in [4.78, 5) is 4.26. The first-order valence-corrected chi connectivity index (χ1v) is 7.60. The van der Waals surface area contributed by atoms with E-state index < -0.39 is 0 Å². The molecule has 0 saturated carbocycles. The zero-order chi connectivity index (χ0) is 13.5. The lowest BCUT2D eigenvalue weighted by Gasteiger charge is -2.32. The second kappa shape index (κ2) is 7.61. The van der Waals surface area contributed by atoms with Crippen LogP contribution in [0.1, 0.15) is 50.3 Å². The fraction of sp³-hybridized carbons (Fsp3) is 0.688. The van der Waals surface area contributed by atoms with Crippen molar-refractivity contribution in [1.29, 1.82) is 0 Å². The van der Waals surface area contributed by atoms with Gasteiger partial charge in [0.05, 0.1) is 6.61 Å². The SMILES string of the molecule is CCCNC(c1ccncc1CC)C1CCCOC1. The van der Waals surface area contributed by atoms with Crippen LogP contribution < -0.4 is 5.32 Å². The summed E-state index contributed by atoms with van der Waals surface area (Å²) >= 11 is 0. The minimum absolute atomic E-state index is 0.415. The largest absolute Gasteiger partial charge is 0.381 e. The standard InChI is InChI=1S/C16H26N2O/c1-3-8-18-16(14-6-5-10-19-12-14)15-7-9-17-11-13(15)4-2/h7,9,11,14,16,18H,3-6,8,10,12H2,1-2H3. The maximum absolute atomic E-state index is 5.68. The van der Waals surface area contributed by atoms with Gasteiger partial charge in [0.15, 0.2) is 0 Å². The van der Waals surface area contributed by atoms with Crippen molar-refractivity contribution in [1.82, 2.24) is 10.3 Å². The molecule has 1 aliphatic rings. The van der Waals surface area contributed by atoms with Gasteiger partial charge in [-0.05, 0) is 49.4 Å². The minimum Gasteiger partial charge on any atom is -0.381 e. The van der Waals surface area contributed by atoms with Gasteiger partial charge in [-0.3, -0.25) is 4.98 Å². The van der Waals surface area contributed by atoms with Crippen molar-refractivity contribution in [3.8, 4) is 0 Å². The second-order valence-electron chi connectivity index (χ2n) is 5.34. The van der Waals surface area contributed by atoms with Crippen LogP contribution in [0.15, 0.2) is 18.5 Å². The molecule has 106 valence electrons. The number of hydrogen-bond donors (Lipinski definition) is 1. The van der Waals surface area contributed by atoms with E-state index in [1.165, 1.54) is 24.0 Å². The van der Waals surface area contributed by atoms with Crippen molar-refractivity contribution >= 4 is 0 Å². The van der Waals surface area contributed by atoms with Crippen molar-refractivity contribution in [2.45, 2.75) is 45.6 Å². The molecule has 3 heteroatoms. The fourth-order valence-electron chi connectivity index (χ4n) is 2.90. The molecule has 0 aromatic carbocycles. The molecule has 1 aromatic rings. The summed E-state index contributed by atoms with van der Waals surface area (Å²) in [5, 5.41) is 3.72. The molecule has 19 heavy (non-hydrogen) atoms. The van der Waals surface area contributed by atoms with Gasteiger partial charge in [-0.25, -0.2) is 0 Å². The van der Waals surface area contributed by atoms with E-state index in [1.807, 2.05) is 12.4 Å². The van der Waals surface area contributed by atoms with E-state index in [2.05, 4.69) is 30.2 Å². The molecule has 0 amide bonds. The van der Waals surface area contributed by atoms with Crippen LogP contribution in [-0.2, 0) is 11.2 Å². The molecule has 2 heterocycles. The third-order valence-corrected chi connectivity index (χ3v) is 3.94. The van der Waals surface area contributed by atoms with Crippen molar-refractivity contribution in [3.05, 3.63) is 29.6 Å². The summed E-state index contributed by atoms with van der Waals surface area (Å²) in [5.74, 6) is 0.591. The average Bonchev–Trinajstić information content (AvgIpc) is 2.49. The van der Waals surface area contributed by atoms with Crippen LogP contribution in [0.2, 0.25) is 0 Å². The van der Waals surface area contributed by atoms with E-state index in [0.29, 0.717) is 12.0 Å². The van der Waals surface area contributed by atoms with Crippen LogP contribution >= 0.6 is 0 Å². The summed E-state index contributed by atoms with van der Waals surface area (Å²) in [6.45, 7) is 7.29. The monoisotopic (exact) mass is 262 g/mol. The second-order valence-corrected chi connectivity index (χ2v) is 5.34. The number of hydrogen-bond acceptors (Lipinski definition) is 3. The van der Waals surface area contributed by atoms with E-state index in [1.54, 1.807) is 0 Å². The van der Waals surface area contributed by atoms with Crippen molar-refractivity contribution < 1.29 is 4.74 Å². The van der Waals surface area contributed by atoms with Gasteiger partial charge >= 0.3 is 0 Å². The summed E-state index contributed by atoms with van der Waals surface area (Å²) in [7, 11) is 0. The molecule has 1 N–H and O–H groups in total. The van der Waals surface area contributed by atoms with Crippen LogP contribution in [0.3, 0.4) is 0 Å². The van der Waals surface area contributed by atoms with Crippen molar-refractivity contribution in [2.75, 3.05) is 19.8 Å². The molecule has 1 saturated heterocycles. The highest BCUT2D eigenvalue weighted by Crippen LogP contribution is 2.30.